The first-order chi connectivity index (χ1) is 38.7. The van der Waals surface area contributed by atoms with Crippen LogP contribution in [0.2, 0.25) is 0 Å². The second-order valence-corrected chi connectivity index (χ2v) is 23.6. The van der Waals surface area contributed by atoms with Crippen LogP contribution >= 0.6 is 11.3 Å². The number of aliphatic hydroxyl groups is 1. The number of fused-ring (bicyclic) bond motifs is 4. The molecule has 5 saturated heterocycles. The molecule has 0 spiro atoms. The van der Waals surface area contributed by atoms with Gasteiger partial charge < -0.3 is 49.5 Å². The average molecular weight is 1110 g/mol. The summed E-state index contributed by atoms with van der Waals surface area (Å²) in [4.78, 5) is 56.2. The largest absolute Gasteiger partial charge is 0.508 e. The Labute approximate surface area is 468 Å². The van der Waals surface area contributed by atoms with Crippen molar-refractivity contribution in [1.29, 1.82) is 0 Å². The predicted molar refractivity (Wildman–Crippen MR) is 305 cm³/mol. The van der Waals surface area contributed by atoms with Crippen molar-refractivity contribution in [3.63, 3.8) is 0 Å². The van der Waals surface area contributed by atoms with E-state index >= 15 is 4.39 Å². The number of likely N-dealkylation sites (tertiary alicyclic amines) is 2. The lowest BCUT2D eigenvalue weighted by atomic mass is 9.91. The van der Waals surface area contributed by atoms with Gasteiger partial charge in [-0.3, -0.25) is 19.5 Å². The number of pyridine rings is 1. The van der Waals surface area contributed by atoms with Crippen LogP contribution in [0.15, 0.2) is 76.9 Å². The molecule has 5 aliphatic rings. The Hall–Kier alpha value is -6.84. The van der Waals surface area contributed by atoms with Crippen molar-refractivity contribution in [1.82, 2.24) is 45.5 Å². The summed E-state index contributed by atoms with van der Waals surface area (Å²) in [6.45, 7) is 15.3. The van der Waals surface area contributed by atoms with Gasteiger partial charge in [-0.15, -0.1) is 11.3 Å². The van der Waals surface area contributed by atoms with Crippen molar-refractivity contribution in [3.05, 3.63) is 101 Å². The molecule has 2 bridgehead atoms. The van der Waals surface area contributed by atoms with Crippen LogP contribution < -0.4 is 25.2 Å². The molecule has 2 unspecified atom stereocenters. The number of thiazole rings is 1. The first kappa shape index (κ1) is 53.8. The number of anilines is 2. The summed E-state index contributed by atoms with van der Waals surface area (Å²) in [5, 5.41) is 34.9. The second kappa shape index (κ2) is 22.6. The number of piperazine rings is 1. The first-order valence-corrected chi connectivity index (χ1v) is 29.3. The van der Waals surface area contributed by atoms with E-state index in [0.29, 0.717) is 66.7 Å². The van der Waals surface area contributed by atoms with E-state index in [4.69, 9.17) is 28.9 Å². The first-order valence-electron chi connectivity index (χ1n) is 28.4. The van der Waals surface area contributed by atoms with Crippen molar-refractivity contribution >= 4 is 56.5 Å². The number of phenolic OH excluding ortho intramolecular Hbond substituents is 1. The van der Waals surface area contributed by atoms with Gasteiger partial charge in [-0.2, -0.15) is 9.97 Å². The molecule has 4 aromatic heterocycles. The Balaban J connectivity index is 0.640. The molecule has 7 aromatic rings. The number of rotatable bonds is 17. The number of amides is 2. The summed E-state index contributed by atoms with van der Waals surface area (Å²) in [6.07, 6.45) is 5.71. The number of β-amino-alcohol motifs (C(OH)–C–C–N with tert-alkyl or cyclic N) is 1. The van der Waals surface area contributed by atoms with E-state index in [-0.39, 0.29) is 71.9 Å². The molecule has 5 fully saturated rings. The lowest BCUT2D eigenvalue weighted by molar-refractivity contribution is -0.141. The van der Waals surface area contributed by atoms with Gasteiger partial charge in [0.2, 0.25) is 11.8 Å². The Morgan fingerprint density at radius 3 is 2.44 bits per heavy atom. The number of aromatic nitrogens is 5. The van der Waals surface area contributed by atoms with Gasteiger partial charge in [-0.1, -0.05) is 68.4 Å². The van der Waals surface area contributed by atoms with E-state index in [1.807, 2.05) is 81.7 Å². The number of carbonyl (C=O) groups excluding carboxylic acids is 2. The zero-order valence-corrected chi connectivity index (χ0v) is 46.8. The summed E-state index contributed by atoms with van der Waals surface area (Å²) < 4.78 is 35.9. The summed E-state index contributed by atoms with van der Waals surface area (Å²) in [5.74, 6) is -0.331. The third-order valence-electron chi connectivity index (χ3n) is 17.0. The minimum atomic E-state index is -0.831. The van der Waals surface area contributed by atoms with Crippen LogP contribution in [0, 0.1) is 18.7 Å². The lowest BCUT2D eigenvalue weighted by Crippen LogP contribution is -2.54. The molecule has 12 rings (SSSR count). The van der Waals surface area contributed by atoms with E-state index in [1.54, 1.807) is 29.7 Å². The summed E-state index contributed by atoms with van der Waals surface area (Å²) >= 11 is 1.59. The molecule has 0 aliphatic carbocycles. The van der Waals surface area contributed by atoms with Crippen molar-refractivity contribution in [2.24, 2.45) is 5.92 Å². The van der Waals surface area contributed by atoms with Crippen LogP contribution in [0.4, 0.5) is 16.0 Å². The van der Waals surface area contributed by atoms with Crippen LogP contribution in [0.1, 0.15) is 94.3 Å². The molecule has 20 heteroatoms. The highest BCUT2D eigenvalue weighted by Gasteiger charge is 2.44. The predicted octanol–water partition coefficient (Wildman–Crippen LogP) is 7.94. The molecule has 0 radical (unpaired) electrons. The average Bonchev–Trinajstić information content (AvgIpc) is 4.30. The van der Waals surface area contributed by atoms with Crippen molar-refractivity contribution in [2.75, 3.05) is 68.8 Å². The fraction of sp³-hybridized carbons (Fsp3) is 0.483. The van der Waals surface area contributed by atoms with E-state index in [9.17, 15) is 19.8 Å². The van der Waals surface area contributed by atoms with Gasteiger partial charge in [0.15, 0.2) is 17.4 Å². The topological polar surface area (TPSA) is 208 Å². The van der Waals surface area contributed by atoms with Crippen LogP contribution in [0.25, 0.3) is 43.4 Å². The maximum atomic E-state index is 17.1. The zero-order valence-electron chi connectivity index (χ0n) is 46.0. The minimum Gasteiger partial charge on any atom is -0.508 e. The molecule has 2 amide bonds. The van der Waals surface area contributed by atoms with Crippen LogP contribution in [-0.4, -0.2) is 152 Å². The monoisotopic (exact) mass is 1110 g/mol. The summed E-state index contributed by atoms with van der Waals surface area (Å²) in [7, 11) is 0. The van der Waals surface area contributed by atoms with E-state index in [0.717, 1.165) is 96.3 Å². The van der Waals surface area contributed by atoms with Crippen LogP contribution in [0.5, 0.6) is 11.8 Å². The van der Waals surface area contributed by atoms with E-state index in [2.05, 4.69) is 42.4 Å². The third kappa shape index (κ3) is 10.8. The second-order valence-electron chi connectivity index (χ2n) is 22.8. The Morgan fingerprint density at radius 2 is 1.71 bits per heavy atom. The molecule has 3 aromatic carbocycles. The molecule has 420 valence electrons. The fourth-order valence-electron chi connectivity index (χ4n) is 12.7. The number of hydrogen-bond acceptors (Lipinski definition) is 17. The molecular formula is C60H70FN11O7S. The summed E-state index contributed by atoms with van der Waals surface area (Å²) in [6, 6.07) is 18.7. The molecule has 80 heavy (non-hydrogen) atoms. The maximum Gasteiger partial charge on any atom is 0.319 e. The number of aliphatic hydroxyl groups excluding tert-OH is 1. The van der Waals surface area contributed by atoms with Crippen LogP contribution in [0.3, 0.4) is 0 Å². The number of piperidine rings is 1. The Bertz CT molecular complexity index is 3390. The van der Waals surface area contributed by atoms with E-state index in [1.165, 1.54) is 4.90 Å². The molecule has 9 heterocycles. The smallest absolute Gasteiger partial charge is 0.319 e. The number of hydrogen-bond donors (Lipinski definition) is 4. The summed E-state index contributed by atoms with van der Waals surface area (Å²) in [5.41, 5.74) is 6.61. The number of carbonyl (C=O) groups is 2. The number of benzene rings is 3. The highest BCUT2D eigenvalue weighted by Crippen LogP contribution is 2.40. The standard InChI is InChI=1S/C60H70FN11O7S/c1-6-36-8-7-9-39-22-42(73)23-46(52(36)39)54-53(61)55-47(26-62-54)57(71-27-40-14-15-41(28-71)65-40)67-60(66-55)77-21-20-69-18-16-44(17-19-69)78-45-30-70(31-45)50-25-49(79-68-50)51(33(2)3)59(76)72-29-43(74)24-48(72)58(75)64-34(4)37-10-12-38(13-11-37)56-35(5)63-32-80-56/h7-13,22-23,25-26,32-34,40-41,43-45,48,51,65,73-74H,6,14-21,24,27-31H2,1-5H3,(H,64,75)/t34-,40?,41?,43+,48-,51-/m0/s1. The number of nitrogens with zero attached hydrogens (tertiary/aromatic N) is 9. The number of aromatic hydroxyl groups is 1. The van der Waals surface area contributed by atoms with Gasteiger partial charge in [0.05, 0.1) is 45.8 Å². The molecule has 5 aliphatic heterocycles. The van der Waals surface area contributed by atoms with Crippen molar-refractivity contribution < 1.29 is 38.2 Å². The molecule has 6 atom stereocenters. The highest BCUT2D eigenvalue weighted by atomic mass is 32.1. The Kier molecular flexibility index (Phi) is 15.2. The van der Waals surface area contributed by atoms with Gasteiger partial charge in [-0.05, 0) is 91.5 Å². The normalized spacial score (nSPS) is 21.7. The van der Waals surface area contributed by atoms with Gasteiger partial charge in [0, 0.05) is 88.7 Å². The molecule has 18 nitrogen and oxygen atoms in total. The number of aryl methyl sites for hydroxylation is 2. The van der Waals surface area contributed by atoms with Gasteiger partial charge in [-0.25, -0.2) is 9.37 Å². The quantitative estimate of drug-likeness (QED) is 0.0683. The molecule has 0 saturated carbocycles. The fourth-order valence-corrected chi connectivity index (χ4v) is 13.5. The van der Waals surface area contributed by atoms with Gasteiger partial charge >= 0.3 is 6.01 Å². The third-order valence-corrected chi connectivity index (χ3v) is 17.9. The van der Waals surface area contributed by atoms with Crippen molar-refractivity contribution in [3.8, 4) is 33.5 Å². The minimum absolute atomic E-state index is 0.0203. The SMILES string of the molecule is CCc1cccc2cc(O)cc(-c3ncc4c(N5CC6CCC(C5)N6)nc(OCCN5CCC(OC6CN(c7cc([C@@H](C(=O)N8C[C@H](O)C[C@H]8C(=O)N[C@@H](C)c8ccc(-c9scnc9C)cc8)C(C)C)on7)C6)CC5)nc4c3F)c12. The van der Waals surface area contributed by atoms with Gasteiger partial charge in [0.25, 0.3) is 0 Å². The van der Waals surface area contributed by atoms with E-state index < -0.39 is 23.9 Å². The number of ether oxygens (including phenoxy) is 2. The van der Waals surface area contributed by atoms with Crippen LogP contribution in [-0.2, 0) is 20.7 Å². The highest BCUT2D eigenvalue weighted by molar-refractivity contribution is 7.13. The number of phenols is 1. The van der Waals surface area contributed by atoms with Crippen molar-refractivity contribution in [2.45, 2.75) is 122 Å². The maximum absolute atomic E-state index is 17.1. The van der Waals surface area contributed by atoms with Gasteiger partial charge in [0.1, 0.15) is 41.3 Å². The molecular weight excluding hydrogens is 1040 g/mol. The number of nitrogens with one attached hydrogen (secondary N) is 2. The zero-order chi connectivity index (χ0) is 55.3. The Morgan fingerprint density at radius 1 is 0.938 bits per heavy atom. The molecule has 4 N–H and O–H groups in total. The lowest BCUT2D eigenvalue weighted by Gasteiger charge is -2.42. The number of halogens is 1.